The van der Waals surface area contributed by atoms with Crippen molar-refractivity contribution in [2.75, 3.05) is 6.61 Å². The molecule has 0 atom stereocenters. The van der Waals surface area contributed by atoms with E-state index in [1.165, 1.54) is 11.3 Å². The van der Waals surface area contributed by atoms with Crippen LogP contribution in [0.5, 0.6) is 0 Å². The number of aromatic nitrogens is 1. The highest BCUT2D eigenvalue weighted by Gasteiger charge is 2.19. The Kier molecular flexibility index (Phi) is 2.83. The number of carbonyl (C=O) groups excluding carboxylic acids is 2. The summed E-state index contributed by atoms with van der Waals surface area (Å²) >= 11 is 1.49. The fourth-order valence-electron chi connectivity index (χ4n) is 2.13. The van der Waals surface area contributed by atoms with Crippen LogP contribution in [0, 0.1) is 0 Å². The number of aldehydes is 1. The van der Waals surface area contributed by atoms with Crippen molar-refractivity contribution < 1.29 is 14.3 Å². The predicted octanol–water partition coefficient (Wildman–Crippen LogP) is 3.14. The molecule has 0 spiro atoms. The Morgan fingerprint density at radius 1 is 1.42 bits per heavy atom. The highest BCUT2D eigenvalue weighted by atomic mass is 32.1. The lowest BCUT2D eigenvalue weighted by Crippen LogP contribution is -2.07. The molecule has 3 rings (SSSR count). The zero-order chi connectivity index (χ0) is 13.4. The SMILES string of the molecule is CCOC(=O)c1cc(C=O)c2sc3ccccc3n12. The number of benzene rings is 1. The number of rotatable bonds is 3. The molecule has 2 heterocycles. The largest absolute Gasteiger partial charge is 0.461 e. The maximum absolute atomic E-state index is 12.0. The first-order valence-electron chi connectivity index (χ1n) is 5.91. The number of hydrogen-bond donors (Lipinski definition) is 0. The molecule has 3 aromatic rings. The van der Waals surface area contributed by atoms with Gasteiger partial charge in [0.25, 0.3) is 0 Å². The van der Waals surface area contributed by atoms with Crippen LogP contribution < -0.4 is 0 Å². The topological polar surface area (TPSA) is 47.8 Å². The molecule has 0 fully saturated rings. The summed E-state index contributed by atoms with van der Waals surface area (Å²) in [5.74, 6) is -0.408. The minimum absolute atomic E-state index is 0.310. The first-order valence-corrected chi connectivity index (χ1v) is 6.73. The van der Waals surface area contributed by atoms with Crippen molar-refractivity contribution in [3.05, 3.63) is 41.6 Å². The summed E-state index contributed by atoms with van der Waals surface area (Å²) in [4.78, 5) is 23.9. The fourth-order valence-corrected chi connectivity index (χ4v) is 3.26. The van der Waals surface area contributed by atoms with Gasteiger partial charge in [-0.1, -0.05) is 12.1 Å². The molecule has 0 bridgehead atoms. The van der Waals surface area contributed by atoms with Crippen LogP contribution in [0.15, 0.2) is 30.3 Å². The molecular formula is C14H11NO3S. The van der Waals surface area contributed by atoms with Gasteiger partial charge in [-0.2, -0.15) is 0 Å². The number of thiazole rings is 1. The van der Waals surface area contributed by atoms with Gasteiger partial charge in [0.2, 0.25) is 0 Å². The molecule has 0 aliphatic rings. The predicted molar refractivity (Wildman–Crippen MR) is 74.1 cm³/mol. The van der Waals surface area contributed by atoms with Gasteiger partial charge in [0.1, 0.15) is 10.5 Å². The van der Waals surface area contributed by atoms with Gasteiger partial charge in [-0.05, 0) is 25.1 Å². The van der Waals surface area contributed by atoms with E-state index in [0.717, 1.165) is 21.3 Å². The van der Waals surface area contributed by atoms with E-state index in [2.05, 4.69) is 0 Å². The Morgan fingerprint density at radius 2 is 2.21 bits per heavy atom. The lowest BCUT2D eigenvalue weighted by atomic mass is 10.3. The third kappa shape index (κ3) is 1.74. The number of fused-ring (bicyclic) bond motifs is 3. The average Bonchev–Trinajstić information content (AvgIpc) is 2.95. The molecule has 0 unspecified atom stereocenters. The summed E-state index contributed by atoms with van der Waals surface area (Å²) in [7, 11) is 0. The second-order valence-electron chi connectivity index (χ2n) is 4.03. The molecular weight excluding hydrogens is 262 g/mol. The maximum atomic E-state index is 12.0. The number of ether oxygens (including phenoxy) is 1. The third-order valence-corrected chi connectivity index (χ3v) is 4.08. The van der Waals surface area contributed by atoms with Crippen LogP contribution in [0.2, 0.25) is 0 Å². The molecule has 19 heavy (non-hydrogen) atoms. The fraction of sp³-hybridized carbons (Fsp3) is 0.143. The standard InChI is InChI=1S/C14H11NO3S/c1-2-18-14(17)11-7-9(8-16)13-15(11)10-5-3-4-6-12(10)19-13/h3-8H,2H2,1H3. The molecule has 0 radical (unpaired) electrons. The van der Waals surface area contributed by atoms with Crippen LogP contribution in [0.3, 0.4) is 0 Å². The number of para-hydroxylation sites is 1. The summed E-state index contributed by atoms with van der Waals surface area (Å²) in [5, 5.41) is 0. The van der Waals surface area contributed by atoms with E-state index in [1.807, 2.05) is 24.3 Å². The second kappa shape index (κ2) is 4.51. The lowest BCUT2D eigenvalue weighted by Gasteiger charge is -2.01. The molecule has 4 nitrogen and oxygen atoms in total. The first kappa shape index (κ1) is 11.9. The number of hydrogen-bond acceptors (Lipinski definition) is 4. The number of carbonyl (C=O) groups is 2. The van der Waals surface area contributed by atoms with Gasteiger partial charge in [-0.15, -0.1) is 11.3 Å². The molecule has 0 aliphatic carbocycles. The zero-order valence-electron chi connectivity index (χ0n) is 10.3. The van der Waals surface area contributed by atoms with Crippen LogP contribution in [0.1, 0.15) is 27.8 Å². The summed E-state index contributed by atoms with van der Waals surface area (Å²) < 4.78 is 7.87. The van der Waals surface area contributed by atoms with Gasteiger partial charge < -0.3 is 4.74 Å². The van der Waals surface area contributed by atoms with E-state index in [-0.39, 0.29) is 0 Å². The first-order chi connectivity index (χ1) is 9.26. The van der Waals surface area contributed by atoms with Crippen LogP contribution in [0.25, 0.3) is 15.0 Å². The van der Waals surface area contributed by atoms with Gasteiger partial charge in [0.15, 0.2) is 6.29 Å². The monoisotopic (exact) mass is 273 g/mol. The van der Waals surface area contributed by atoms with E-state index in [9.17, 15) is 9.59 Å². The molecule has 0 aliphatic heterocycles. The van der Waals surface area contributed by atoms with E-state index < -0.39 is 5.97 Å². The van der Waals surface area contributed by atoms with Crippen molar-refractivity contribution in [3.8, 4) is 0 Å². The summed E-state index contributed by atoms with van der Waals surface area (Å²) in [6, 6.07) is 9.32. The van der Waals surface area contributed by atoms with Gasteiger partial charge in [0, 0.05) is 0 Å². The van der Waals surface area contributed by atoms with Crippen molar-refractivity contribution >= 4 is 38.6 Å². The minimum Gasteiger partial charge on any atom is -0.461 e. The third-order valence-electron chi connectivity index (χ3n) is 2.91. The molecule has 5 heteroatoms. The maximum Gasteiger partial charge on any atom is 0.355 e. The Labute approximate surface area is 113 Å². The summed E-state index contributed by atoms with van der Waals surface area (Å²) in [5.41, 5.74) is 1.83. The minimum atomic E-state index is -0.408. The van der Waals surface area contributed by atoms with Crippen molar-refractivity contribution in [1.82, 2.24) is 4.40 Å². The molecule has 1 aromatic carbocycles. The Bertz CT molecular complexity index is 785. The molecule has 2 aromatic heterocycles. The van der Waals surface area contributed by atoms with Crippen molar-refractivity contribution in [2.24, 2.45) is 0 Å². The molecule has 96 valence electrons. The van der Waals surface area contributed by atoms with E-state index in [1.54, 1.807) is 17.4 Å². The van der Waals surface area contributed by atoms with Gasteiger partial charge >= 0.3 is 5.97 Å². The zero-order valence-corrected chi connectivity index (χ0v) is 11.1. The lowest BCUT2D eigenvalue weighted by molar-refractivity contribution is 0.0519. The Hall–Kier alpha value is -2.14. The van der Waals surface area contributed by atoms with E-state index >= 15 is 0 Å². The average molecular weight is 273 g/mol. The van der Waals surface area contributed by atoms with Crippen molar-refractivity contribution in [3.63, 3.8) is 0 Å². The Balaban J connectivity index is 2.37. The normalized spacial score (nSPS) is 11.0. The van der Waals surface area contributed by atoms with Gasteiger partial charge in [0.05, 0.1) is 22.4 Å². The highest BCUT2D eigenvalue weighted by molar-refractivity contribution is 7.24. The van der Waals surface area contributed by atoms with Crippen LogP contribution in [-0.4, -0.2) is 23.3 Å². The summed E-state index contributed by atoms with van der Waals surface area (Å²) in [6.45, 7) is 2.07. The van der Waals surface area contributed by atoms with Gasteiger partial charge in [-0.3, -0.25) is 9.20 Å². The second-order valence-corrected chi connectivity index (χ2v) is 5.06. The quantitative estimate of drug-likeness (QED) is 0.544. The van der Waals surface area contributed by atoms with Crippen LogP contribution in [0.4, 0.5) is 0 Å². The Morgan fingerprint density at radius 3 is 2.95 bits per heavy atom. The highest BCUT2D eigenvalue weighted by Crippen LogP contribution is 2.31. The molecule has 0 N–H and O–H groups in total. The van der Waals surface area contributed by atoms with Crippen molar-refractivity contribution in [2.45, 2.75) is 6.92 Å². The van der Waals surface area contributed by atoms with Crippen LogP contribution >= 0.6 is 11.3 Å². The smallest absolute Gasteiger partial charge is 0.355 e. The summed E-state index contributed by atoms with van der Waals surface area (Å²) in [6.07, 6.45) is 0.771. The molecule has 0 amide bonds. The number of esters is 1. The molecule has 0 saturated heterocycles. The van der Waals surface area contributed by atoms with Crippen LogP contribution in [-0.2, 0) is 4.74 Å². The van der Waals surface area contributed by atoms with E-state index in [0.29, 0.717) is 17.9 Å². The number of nitrogens with zero attached hydrogens (tertiary/aromatic N) is 1. The van der Waals surface area contributed by atoms with E-state index in [4.69, 9.17) is 4.74 Å². The van der Waals surface area contributed by atoms with Crippen molar-refractivity contribution in [1.29, 1.82) is 0 Å². The van der Waals surface area contributed by atoms with Gasteiger partial charge in [-0.25, -0.2) is 4.79 Å². The molecule has 0 saturated carbocycles.